The molecule has 0 spiro atoms. The van der Waals surface area contributed by atoms with Crippen LogP contribution in [0.15, 0.2) is 36.7 Å². The van der Waals surface area contributed by atoms with E-state index in [1.165, 1.54) is 12.4 Å². The molecule has 0 bridgehead atoms. The Morgan fingerprint density at radius 1 is 1.21 bits per heavy atom. The number of hydrogen-bond acceptors (Lipinski definition) is 6. The molecule has 1 aromatic heterocycles. The lowest BCUT2D eigenvalue weighted by Crippen LogP contribution is -2.35. The van der Waals surface area contributed by atoms with E-state index in [2.05, 4.69) is 20.6 Å². The monoisotopic (exact) mass is 366 g/mol. The number of nitrogens with one attached hydrogen (secondary N) is 2. The van der Waals surface area contributed by atoms with Crippen LogP contribution in [0.25, 0.3) is 0 Å². The Bertz CT molecular complexity index is 855. The first-order valence-electron chi connectivity index (χ1n) is 7.28. The molecule has 1 atom stereocenters. The van der Waals surface area contributed by atoms with Crippen LogP contribution < -0.4 is 10.6 Å². The van der Waals surface area contributed by atoms with Gasteiger partial charge in [-0.15, -0.1) is 0 Å². The summed E-state index contributed by atoms with van der Waals surface area (Å²) in [6, 6.07) is 6.80. The number of rotatable bonds is 4. The third-order valence-corrected chi connectivity index (χ3v) is 5.70. The summed E-state index contributed by atoms with van der Waals surface area (Å²) in [5.74, 6) is 0.00503. The highest BCUT2D eigenvalue weighted by atomic mass is 35.5. The maximum Gasteiger partial charge on any atom is 0.254 e. The lowest BCUT2D eigenvalue weighted by atomic mass is 10.2. The van der Waals surface area contributed by atoms with Crippen LogP contribution in [0.3, 0.4) is 0 Å². The maximum absolute atomic E-state index is 12.1. The van der Waals surface area contributed by atoms with E-state index >= 15 is 0 Å². The summed E-state index contributed by atoms with van der Waals surface area (Å²) in [6.45, 7) is 0. The van der Waals surface area contributed by atoms with Crippen molar-refractivity contribution in [3.63, 3.8) is 0 Å². The Hall–Kier alpha value is -2.19. The van der Waals surface area contributed by atoms with Gasteiger partial charge in [-0.25, -0.2) is 18.4 Å². The van der Waals surface area contributed by atoms with Gasteiger partial charge in [0.1, 0.15) is 0 Å². The Morgan fingerprint density at radius 3 is 2.54 bits per heavy atom. The molecule has 1 aliphatic heterocycles. The summed E-state index contributed by atoms with van der Waals surface area (Å²) in [7, 11) is -3.04. The van der Waals surface area contributed by atoms with E-state index in [0.717, 1.165) is 0 Å². The van der Waals surface area contributed by atoms with Crippen molar-refractivity contribution in [1.29, 1.82) is 0 Å². The van der Waals surface area contributed by atoms with Crippen molar-refractivity contribution in [3.05, 3.63) is 47.2 Å². The Kier molecular flexibility index (Phi) is 4.68. The maximum atomic E-state index is 12.1. The number of benzene rings is 1. The topological polar surface area (TPSA) is 101 Å². The van der Waals surface area contributed by atoms with Crippen molar-refractivity contribution in [2.45, 2.75) is 12.5 Å². The number of sulfone groups is 1. The van der Waals surface area contributed by atoms with Gasteiger partial charge >= 0.3 is 0 Å². The SMILES string of the molecule is O=C(NC1CCS(=O)(=O)C1)c1cnc(Nc2ccccc2Cl)nc1. The fourth-order valence-corrected chi connectivity index (χ4v) is 4.23. The second-order valence-corrected chi connectivity index (χ2v) is 8.11. The number of aromatic nitrogens is 2. The number of anilines is 2. The average molecular weight is 367 g/mol. The normalized spacial score (nSPS) is 19.0. The van der Waals surface area contributed by atoms with E-state index in [-0.39, 0.29) is 29.0 Å². The molecule has 0 saturated carbocycles. The van der Waals surface area contributed by atoms with Crippen LogP contribution in [0.5, 0.6) is 0 Å². The molecule has 126 valence electrons. The highest BCUT2D eigenvalue weighted by Crippen LogP contribution is 2.22. The Balaban J connectivity index is 1.64. The fraction of sp³-hybridized carbons (Fsp3) is 0.267. The van der Waals surface area contributed by atoms with Crippen LogP contribution in [0, 0.1) is 0 Å². The van der Waals surface area contributed by atoms with E-state index in [4.69, 9.17) is 11.6 Å². The second kappa shape index (κ2) is 6.74. The van der Waals surface area contributed by atoms with Crippen molar-refractivity contribution < 1.29 is 13.2 Å². The molecule has 1 amide bonds. The molecule has 7 nitrogen and oxygen atoms in total. The fourth-order valence-electron chi connectivity index (χ4n) is 2.37. The molecular weight excluding hydrogens is 352 g/mol. The smallest absolute Gasteiger partial charge is 0.254 e. The summed E-state index contributed by atoms with van der Waals surface area (Å²) < 4.78 is 22.8. The zero-order valence-corrected chi connectivity index (χ0v) is 14.1. The average Bonchev–Trinajstić information content (AvgIpc) is 2.89. The minimum Gasteiger partial charge on any atom is -0.348 e. The lowest BCUT2D eigenvalue weighted by Gasteiger charge is -2.11. The van der Waals surface area contributed by atoms with Gasteiger partial charge in [-0.2, -0.15) is 0 Å². The minimum absolute atomic E-state index is 0.0221. The van der Waals surface area contributed by atoms with E-state index in [9.17, 15) is 13.2 Å². The Labute approximate surface area is 144 Å². The largest absolute Gasteiger partial charge is 0.348 e. The van der Waals surface area contributed by atoms with Crippen LogP contribution in [0.1, 0.15) is 16.8 Å². The molecule has 1 aromatic carbocycles. The summed E-state index contributed by atoms with van der Waals surface area (Å²) >= 11 is 6.04. The molecule has 0 aliphatic carbocycles. The Morgan fingerprint density at radius 2 is 1.92 bits per heavy atom. The number of carbonyl (C=O) groups excluding carboxylic acids is 1. The predicted octanol–water partition coefficient (Wildman–Crippen LogP) is 1.79. The number of halogens is 1. The first-order chi connectivity index (χ1) is 11.4. The molecule has 1 aliphatic rings. The van der Waals surface area contributed by atoms with Gasteiger partial charge in [-0.1, -0.05) is 23.7 Å². The quantitative estimate of drug-likeness (QED) is 0.855. The molecular formula is C15H15ClN4O3S. The number of hydrogen-bond donors (Lipinski definition) is 2. The third kappa shape index (κ3) is 4.01. The van der Waals surface area contributed by atoms with E-state index in [1.54, 1.807) is 12.1 Å². The highest BCUT2D eigenvalue weighted by molar-refractivity contribution is 7.91. The van der Waals surface area contributed by atoms with Gasteiger partial charge in [-0.05, 0) is 18.6 Å². The lowest BCUT2D eigenvalue weighted by molar-refractivity contribution is 0.0940. The molecule has 1 fully saturated rings. The van der Waals surface area contributed by atoms with Gasteiger partial charge in [0.05, 0.1) is 27.8 Å². The van der Waals surface area contributed by atoms with Gasteiger partial charge in [0.2, 0.25) is 5.95 Å². The van der Waals surface area contributed by atoms with Crippen LogP contribution >= 0.6 is 11.6 Å². The zero-order valence-electron chi connectivity index (χ0n) is 12.6. The molecule has 1 unspecified atom stereocenters. The van der Waals surface area contributed by atoms with E-state index in [1.807, 2.05) is 12.1 Å². The molecule has 2 heterocycles. The predicted molar refractivity (Wildman–Crippen MR) is 91.3 cm³/mol. The molecule has 24 heavy (non-hydrogen) atoms. The second-order valence-electron chi connectivity index (χ2n) is 5.47. The van der Waals surface area contributed by atoms with Gasteiger partial charge in [0, 0.05) is 18.4 Å². The van der Waals surface area contributed by atoms with Crippen LogP contribution in [0.4, 0.5) is 11.6 Å². The molecule has 2 aromatic rings. The summed E-state index contributed by atoms with van der Waals surface area (Å²) in [5, 5.41) is 6.18. The zero-order chi connectivity index (χ0) is 17.2. The van der Waals surface area contributed by atoms with Crippen molar-refractivity contribution in [3.8, 4) is 0 Å². The standard InChI is InChI=1S/C15H15ClN4O3S/c16-12-3-1-2-4-13(12)20-15-17-7-10(8-18-15)14(21)19-11-5-6-24(22,23)9-11/h1-4,7-8,11H,5-6,9H2,(H,19,21)(H,17,18,20). The van der Waals surface area contributed by atoms with Crippen LogP contribution in [-0.4, -0.2) is 41.8 Å². The van der Waals surface area contributed by atoms with Gasteiger partial charge < -0.3 is 10.6 Å². The number of amides is 1. The number of para-hydroxylation sites is 1. The minimum atomic E-state index is -3.04. The summed E-state index contributed by atoms with van der Waals surface area (Å²) in [4.78, 5) is 20.3. The van der Waals surface area contributed by atoms with Crippen LogP contribution in [0.2, 0.25) is 5.02 Å². The molecule has 9 heteroatoms. The van der Waals surface area contributed by atoms with Gasteiger partial charge in [-0.3, -0.25) is 4.79 Å². The molecule has 0 radical (unpaired) electrons. The third-order valence-electron chi connectivity index (χ3n) is 3.60. The summed E-state index contributed by atoms with van der Waals surface area (Å²) in [5.41, 5.74) is 0.927. The van der Waals surface area contributed by atoms with Crippen molar-refractivity contribution in [2.24, 2.45) is 0 Å². The van der Waals surface area contributed by atoms with Crippen molar-refractivity contribution in [1.82, 2.24) is 15.3 Å². The molecule has 1 saturated heterocycles. The highest BCUT2D eigenvalue weighted by Gasteiger charge is 2.29. The first kappa shape index (κ1) is 16.7. The van der Waals surface area contributed by atoms with Gasteiger partial charge in [0.25, 0.3) is 5.91 Å². The number of nitrogens with zero attached hydrogens (tertiary/aromatic N) is 2. The van der Waals surface area contributed by atoms with E-state index < -0.39 is 9.84 Å². The van der Waals surface area contributed by atoms with Crippen molar-refractivity contribution in [2.75, 3.05) is 16.8 Å². The number of carbonyl (C=O) groups is 1. The van der Waals surface area contributed by atoms with Crippen molar-refractivity contribution >= 4 is 39.0 Å². The van der Waals surface area contributed by atoms with Gasteiger partial charge in [0.15, 0.2) is 9.84 Å². The molecule has 2 N–H and O–H groups in total. The van der Waals surface area contributed by atoms with E-state index in [0.29, 0.717) is 23.1 Å². The molecule has 3 rings (SSSR count). The van der Waals surface area contributed by atoms with Crippen LogP contribution in [-0.2, 0) is 9.84 Å². The first-order valence-corrected chi connectivity index (χ1v) is 9.48. The summed E-state index contributed by atoms with van der Waals surface area (Å²) in [6.07, 6.45) is 3.19.